The molecule has 4 rings (SSSR count). The van der Waals surface area contributed by atoms with E-state index in [-0.39, 0.29) is 11.1 Å². The number of pyridine rings is 2. The predicted octanol–water partition coefficient (Wildman–Crippen LogP) is 3.16. The minimum atomic E-state index is -3.77. The first-order chi connectivity index (χ1) is 16.9. The van der Waals surface area contributed by atoms with Crippen LogP contribution in [-0.2, 0) is 17.1 Å². The Morgan fingerprint density at radius 3 is 2.61 bits per heavy atom. The van der Waals surface area contributed by atoms with Gasteiger partial charge in [0.1, 0.15) is 18.4 Å². The van der Waals surface area contributed by atoms with E-state index in [4.69, 9.17) is 4.42 Å². The third-order valence-electron chi connectivity index (χ3n) is 5.73. The third kappa shape index (κ3) is 5.13. The molecule has 4 aromatic rings. The maximum atomic E-state index is 13.4. The number of hydrogen-bond donors (Lipinski definition) is 2. The molecule has 1 atom stereocenters. The molecule has 0 saturated heterocycles. The van der Waals surface area contributed by atoms with Crippen LogP contribution < -0.4 is 20.0 Å². The Labute approximate surface area is 208 Å². The van der Waals surface area contributed by atoms with Gasteiger partial charge in [0.15, 0.2) is 23.5 Å². The van der Waals surface area contributed by atoms with Gasteiger partial charge in [0, 0.05) is 23.4 Å². The molecule has 0 fully saturated rings. The normalized spacial score (nSPS) is 12.4. The van der Waals surface area contributed by atoms with E-state index in [0.29, 0.717) is 33.5 Å². The molecule has 0 radical (unpaired) electrons. The summed E-state index contributed by atoms with van der Waals surface area (Å²) in [4.78, 5) is 29.9. The number of aromatic nitrogens is 2. The highest BCUT2D eigenvalue weighted by atomic mass is 32.2. The van der Waals surface area contributed by atoms with Gasteiger partial charge in [-0.3, -0.25) is 9.59 Å². The predicted molar refractivity (Wildman–Crippen MR) is 137 cm³/mol. The Hall–Kier alpha value is -4.05. The summed E-state index contributed by atoms with van der Waals surface area (Å²) < 4.78 is 33.3. The molecule has 2 N–H and O–H groups in total. The molecule has 0 aliphatic carbocycles. The fraction of sp³-hybridized carbons (Fsp3) is 0.231. The number of aryl methyl sites for hydroxylation is 2. The number of anilines is 1. The van der Waals surface area contributed by atoms with Crippen molar-refractivity contribution in [2.75, 3.05) is 11.6 Å². The lowest BCUT2D eigenvalue weighted by molar-refractivity contribution is -0.671. The summed E-state index contributed by atoms with van der Waals surface area (Å²) in [5.41, 5.74) is 3.45. The topological polar surface area (TPSA) is 122 Å². The van der Waals surface area contributed by atoms with Crippen molar-refractivity contribution in [2.45, 2.75) is 26.8 Å². The van der Waals surface area contributed by atoms with Crippen LogP contribution in [0.4, 0.5) is 5.69 Å². The van der Waals surface area contributed by atoms with E-state index in [0.717, 1.165) is 17.4 Å². The van der Waals surface area contributed by atoms with Crippen molar-refractivity contribution in [1.82, 2.24) is 9.71 Å². The molecular weight excluding hydrogens is 480 g/mol. The fourth-order valence-electron chi connectivity index (χ4n) is 4.12. The zero-order chi connectivity index (χ0) is 26.2. The Kier molecular flexibility index (Phi) is 6.64. The standard InChI is InChI=1S/C26H26N4O5S/c1-15-12-19(17(3)28-21-9-6-10-27-22(21)26(32)29-36(5,33)34)25-20(13-15)23(31)16(2)24(35-25)18-8-7-11-30(4)14-18/h6-14,17H,1-5H3,(H-,28,29,32)/p+1. The van der Waals surface area contributed by atoms with Gasteiger partial charge in [0.25, 0.3) is 5.91 Å². The summed E-state index contributed by atoms with van der Waals surface area (Å²) in [5, 5.41) is 3.69. The van der Waals surface area contributed by atoms with Crippen molar-refractivity contribution in [3.05, 3.63) is 87.6 Å². The molecule has 0 bridgehead atoms. The number of nitrogens with zero attached hydrogens (tertiary/aromatic N) is 2. The van der Waals surface area contributed by atoms with Gasteiger partial charge in [-0.05, 0) is 50.6 Å². The first kappa shape index (κ1) is 25.1. The van der Waals surface area contributed by atoms with Crippen LogP contribution in [0.5, 0.6) is 0 Å². The number of sulfonamides is 1. The molecule has 3 heterocycles. The number of carbonyl (C=O) groups excluding carboxylic acids is 1. The zero-order valence-electron chi connectivity index (χ0n) is 20.6. The molecule has 10 heteroatoms. The van der Waals surface area contributed by atoms with E-state index in [1.165, 1.54) is 6.20 Å². The maximum Gasteiger partial charge on any atom is 0.285 e. The first-order valence-electron chi connectivity index (χ1n) is 11.2. The molecule has 0 aliphatic heterocycles. The summed E-state index contributed by atoms with van der Waals surface area (Å²) in [6, 6.07) is 10.3. The lowest BCUT2D eigenvalue weighted by Gasteiger charge is -2.20. The zero-order valence-corrected chi connectivity index (χ0v) is 21.4. The van der Waals surface area contributed by atoms with Crippen LogP contribution in [0.15, 0.2) is 64.2 Å². The second-order valence-electron chi connectivity index (χ2n) is 8.84. The SMILES string of the molecule is Cc1cc(C(C)Nc2cccnc2C(=O)NS(C)(=O)=O)c2oc(-c3ccc[n+](C)c3)c(C)c(=O)c2c1. The van der Waals surface area contributed by atoms with E-state index in [2.05, 4.69) is 10.3 Å². The lowest BCUT2D eigenvalue weighted by Crippen LogP contribution is -2.30. The molecule has 186 valence electrons. The number of benzene rings is 1. The van der Waals surface area contributed by atoms with Crippen molar-refractivity contribution in [2.24, 2.45) is 7.05 Å². The van der Waals surface area contributed by atoms with Crippen LogP contribution in [0.2, 0.25) is 0 Å². The van der Waals surface area contributed by atoms with Crippen molar-refractivity contribution < 1.29 is 22.2 Å². The van der Waals surface area contributed by atoms with Crippen LogP contribution in [0.25, 0.3) is 22.3 Å². The monoisotopic (exact) mass is 507 g/mol. The molecule has 3 aromatic heterocycles. The Morgan fingerprint density at radius 1 is 1.17 bits per heavy atom. The van der Waals surface area contributed by atoms with E-state index in [1.807, 2.05) is 60.8 Å². The fourth-order valence-corrected chi connectivity index (χ4v) is 4.55. The lowest BCUT2D eigenvalue weighted by atomic mass is 9.99. The Bertz CT molecular complexity index is 1660. The van der Waals surface area contributed by atoms with Crippen molar-refractivity contribution >= 4 is 32.6 Å². The number of amides is 1. The Morgan fingerprint density at radius 2 is 1.92 bits per heavy atom. The first-order valence-corrected chi connectivity index (χ1v) is 13.1. The van der Waals surface area contributed by atoms with E-state index >= 15 is 0 Å². The molecule has 1 unspecified atom stereocenters. The van der Waals surface area contributed by atoms with Gasteiger partial charge in [0.05, 0.1) is 28.9 Å². The molecule has 1 aromatic carbocycles. The summed E-state index contributed by atoms with van der Waals surface area (Å²) in [6.45, 7) is 5.51. The average Bonchev–Trinajstić information content (AvgIpc) is 2.80. The van der Waals surface area contributed by atoms with Crippen LogP contribution in [0.1, 0.15) is 40.1 Å². The van der Waals surface area contributed by atoms with Gasteiger partial charge in [-0.25, -0.2) is 22.7 Å². The second kappa shape index (κ2) is 9.54. The number of rotatable bonds is 6. The molecule has 0 saturated carbocycles. The highest BCUT2D eigenvalue weighted by Gasteiger charge is 2.22. The van der Waals surface area contributed by atoms with Crippen molar-refractivity contribution in [3.8, 4) is 11.3 Å². The van der Waals surface area contributed by atoms with Gasteiger partial charge >= 0.3 is 0 Å². The summed E-state index contributed by atoms with van der Waals surface area (Å²) in [7, 11) is -1.87. The summed E-state index contributed by atoms with van der Waals surface area (Å²) in [6.07, 6.45) is 6.08. The van der Waals surface area contributed by atoms with Gasteiger partial charge in [-0.1, -0.05) is 6.07 Å². The molecule has 9 nitrogen and oxygen atoms in total. The highest BCUT2D eigenvalue weighted by Crippen LogP contribution is 2.32. The summed E-state index contributed by atoms with van der Waals surface area (Å²) in [5.74, 6) is -0.362. The van der Waals surface area contributed by atoms with E-state index in [1.54, 1.807) is 25.1 Å². The average molecular weight is 508 g/mol. The van der Waals surface area contributed by atoms with Crippen LogP contribution in [-0.4, -0.2) is 25.6 Å². The summed E-state index contributed by atoms with van der Waals surface area (Å²) >= 11 is 0. The molecule has 36 heavy (non-hydrogen) atoms. The smallest absolute Gasteiger partial charge is 0.285 e. The molecule has 0 spiro atoms. The second-order valence-corrected chi connectivity index (χ2v) is 10.6. The maximum absolute atomic E-state index is 13.4. The van der Waals surface area contributed by atoms with Crippen molar-refractivity contribution in [1.29, 1.82) is 0 Å². The number of hydrogen-bond acceptors (Lipinski definition) is 7. The molecule has 1 amide bonds. The molecule has 0 aliphatic rings. The largest absolute Gasteiger partial charge is 0.455 e. The Balaban J connectivity index is 1.83. The third-order valence-corrected chi connectivity index (χ3v) is 6.29. The number of carbonyl (C=O) groups is 1. The minimum absolute atomic E-state index is 0.0681. The minimum Gasteiger partial charge on any atom is -0.455 e. The van der Waals surface area contributed by atoms with Crippen LogP contribution >= 0.6 is 0 Å². The van der Waals surface area contributed by atoms with E-state index in [9.17, 15) is 18.0 Å². The van der Waals surface area contributed by atoms with Crippen LogP contribution in [0.3, 0.4) is 0 Å². The molecular formula is C26H27N4O5S+. The quantitative estimate of drug-likeness (QED) is 0.385. The van der Waals surface area contributed by atoms with Gasteiger partial charge < -0.3 is 9.73 Å². The van der Waals surface area contributed by atoms with Crippen LogP contribution in [0, 0.1) is 13.8 Å². The highest BCUT2D eigenvalue weighted by molar-refractivity contribution is 7.89. The van der Waals surface area contributed by atoms with Crippen molar-refractivity contribution in [3.63, 3.8) is 0 Å². The van der Waals surface area contributed by atoms with Gasteiger partial charge in [-0.2, -0.15) is 0 Å². The number of nitrogens with one attached hydrogen (secondary N) is 2. The van der Waals surface area contributed by atoms with Gasteiger partial charge in [-0.15, -0.1) is 0 Å². The van der Waals surface area contributed by atoms with E-state index < -0.39 is 22.0 Å². The van der Waals surface area contributed by atoms with Gasteiger partial charge in [0.2, 0.25) is 10.0 Å². The number of fused-ring (bicyclic) bond motifs is 1.